The molecule has 0 atom stereocenters. The van der Waals surface area contributed by atoms with Crippen LogP contribution in [0.25, 0.3) is 0 Å². The summed E-state index contributed by atoms with van der Waals surface area (Å²) in [7, 11) is 0. The molecule has 2 aromatic rings. The molecule has 90 valence electrons. The first kappa shape index (κ1) is 11.2. The Labute approximate surface area is 98.0 Å². The standard InChI is InChI=1S/C10H14N6O/c1-3-16-9(8(11)6(2)15-16)10(17)13-7-4-5-12-14-7/h4-5H,3,11H2,1-2H3,(H2,12,13,14,17). The predicted octanol–water partition coefficient (Wildman–Crippen LogP) is 0.769. The molecule has 0 saturated heterocycles. The second kappa shape index (κ2) is 4.28. The highest BCUT2D eigenvalue weighted by molar-refractivity contribution is 6.06. The van der Waals surface area contributed by atoms with E-state index in [4.69, 9.17) is 5.73 Å². The summed E-state index contributed by atoms with van der Waals surface area (Å²) in [5.74, 6) is 0.227. The van der Waals surface area contributed by atoms with E-state index in [0.717, 1.165) is 0 Å². The quantitative estimate of drug-likeness (QED) is 0.729. The number of aryl methyl sites for hydroxylation is 2. The van der Waals surface area contributed by atoms with Crippen LogP contribution in [0.3, 0.4) is 0 Å². The van der Waals surface area contributed by atoms with E-state index in [1.54, 1.807) is 23.9 Å². The highest BCUT2D eigenvalue weighted by atomic mass is 16.2. The zero-order valence-electron chi connectivity index (χ0n) is 9.69. The van der Waals surface area contributed by atoms with Gasteiger partial charge in [-0.1, -0.05) is 0 Å². The summed E-state index contributed by atoms with van der Waals surface area (Å²) in [6.45, 7) is 4.26. The normalized spacial score (nSPS) is 10.5. The van der Waals surface area contributed by atoms with Gasteiger partial charge in [0, 0.05) is 12.6 Å². The van der Waals surface area contributed by atoms with Crippen LogP contribution in [0.5, 0.6) is 0 Å². The third-order valence-electron chi connectivity index (χ3n) is 2.44. The number of hydrogen-bond acceptors (Lipinski definition) is 4. The van der Waals surface area contributed by atoms with Gasteiger partial charge in [0.15, 0.2) is 0 Å². The van der Waals surface area contributed by atoms with E-state index >= 15 is 0 Å². The largest absolute Gasteiger partial charge is 0.395 e. The Hall–Kier alpha value is -2.31. The Balaban J connectivity index is 2.30. The lowest BCUT2D eigenvalue weighted by Gasteiger charge is -2.05. The van der Waals surface area contributed by atoms with Crippen molar-refractivity contribution >= 4 is 17.4 Å². The number of carbonyl (C=O) groups excluding carboxylic acids is 1. The van der Waals surface area contributed by atoms with E-state index in [9.17, 15) is 4.79 Å². The van der Waals surface area contributed by atoms with E-state index in [2.05, 4.69) is 20.6 Å². The van der Waals surface area contributed by atoms with Gasteiger partial charge < -0.3 is 11.1 Å². The molecule has 4 N–H and O–H groups in total. The van der Waals surface area contributed by atoms with Gasteiger partial charge in [-0.3, -0.25) is 14.6 Å². The maximum Gasteiger partial charge on any atom is 0.277 e. The van der Waals surface area contributed by atoms with Crippen LogP contribution in [-0.2, 0) is 6.54 Å². The first-order valence-electron chi connectivity index (χ1n) is 5.27. The summed E-state index contributed by atoms with van der Waals surface area (Å²) >= 11 is 0. The van der Waals surface area contributed by atoms with Crippen molar-refractivity contribution in [2.45, 2.75) is 20.4 Å². The minimum Gasteiger partial charge on any atom is -0.395 e. The Morgan fingerprint density at radius 1 is 1.65 bits per heavy atom. The van der Waals surface area contributed by atoms with Gasteiger partial charge in [0.1, 0.15) is 11.5 Å². The number of nitrogens with one attached hydrogen (secondary N) is 2. The van der Waals surface area contributed by atoms with Crippen LogP contribution >= 0.6 is 0 Å². The number of aromatic amines is 1. The van der Waals surface area contributed by atoms with Crippen LogP contribution in [0.4, 0.5) is 11.5 Å². The molecule has 0 bridgehead atoms. The lowest BCUT2D eigenvalue weighted by atomic mass is 10.3. The van der Waals surface area contributed by atoms with Gasteiger partial charge in [0.2, 0.25) is 0 Å². The highest BCUT2D eigenvalue weighted by Crippen LogP contribution is 2.17. The van der Waals surface area contributed by atoms with Gasteiger partial charge >= 0.3 is 0 Å². The lowest BCUT2D eigenvalue weighted by molar-refractivity contribution is 0.101. The first-order valence-corrected chi connectivity index (χ1v) is 5.27. The number of anilines is 2. The summed E-state index contributed by atoms with van der Waals surface area (Å²) < 4.78 is 1.58. The van der Waals surface area contributed by atoms with Crippen molar-refractivity contribution in [1.82, 2.24) is 20.0 Å². The predicted molar refractivity (Wildman–Crippen MR) is 63.6 cm³/mol. The number of amides is 1. The SMILES string of the molecule is CCn1nc(C)c(N)c1C(=O)Nc1ccn[nH]1. The van der Waals surface area contributed by atoms with Gasteiger partial charge in [-0.25, -0.2) is 0 Å². The van der Waals surface area contributed by atoms with Crippen LogP contribution in [0.1, 0.15) is 23.1 Å². The van der Waals surface area contributed by atoms with Crippen molar-refractivity contribution in [3.8, 4) is 0 Å². The molecule has 0 aliphatic rings. The third kappa shape index (κ3) is 1.99. The molecule has 0 spiro atoms. The van der Waals surface area contributed by atoms with Crippen molar-refractivity contribution < 1.29 is 4.79 Å². The van der Waals surface area contributed by atoms with Crippen molar-refractivity contribution in [2.75, 3.05) is 11.1 Å². The molecule has 0 saturated carbocycles. The number of H-pyrrole nitrogens is 1. The fourth-order valence-electron chi connectivity index (χ4n) is 1.57. The van der Waals surface area contributed by atoms with Crippen LogP contribution < -0.4 is 11.1 Å². The zero-order chi connectivity index (χ0) is 12.4. The Morgan fingerprint density at radius 3 is 3.00 bits per heavy atom. The summed E-state index contributed by atoms with van der Waals surface area (Å²) in [6, 6.07) is 1.66. The van der Waals surface area contributed by atoms with Gasteiger partial charge in [0.25, 0.3) is 5.91 Å². The molecular formula is C10H14N6O. The van der Waals surface area contributed by atoms with E-state index in [-0.39, 0.29) is 5.91 Å². The van der Waals surface area contributed by atoms with E-state index < -0.39 is 0 Å². The fraction of sp³-hybridized carbons (Fsp3) is 0.300. The van der Waals surface area contributed by atoms with Crippen LogP contribution in [0, 0.1) is 6.92 Å². The monoisotopic (exact) mass is 234 g/mol. The van der Waals surface area contributed by atoms with E-state index in [0.29, 0.717) is 29.4 Å². The lowest BCUT2D eigenvalue weighted by Crippen LogP contribution is -2.19. The van der Waals surface area contributed by atoms with E-state index in [1.165, 1.54) is 0 Å². The van der Waals surface area contributed by atoms with Crippen LogP contribution in [0.2, 0.25) is 0 Å². The smallest absolute Gasteiger partial charge is 0.277 e. The molecule has 1 amide bonds. The minimum absolute atomic E-state index is 0.297. The third-order valence-corrected chi connectivity index (χ3v) is 2.44. The van der Waals surface area contributed by atoms with Crippen molar-refractivity contribution in [2.24, 2.45) is 0 Å². The first-order chi connectivity index (χ1) is 8.13. The molecule has 0 radical (unpaired) electrons. The average molecular weight is 234 g/mol. The molecule has 0 fully saturated rings. The van der Waals surface area contributed by atoms with Crippen molar-refractivity contribution in [1.29, 1.82) is 0 Å². The molecule has 2 rings (SSSR count). The molecule has 2 heterocycles. The number of hydrogen-bond donors (Lipinski definition) is 3. The minimum atomic E-state index is -0.297. The number of aromatic nitrogens is 4. The maximum absolute atomic E-state index is 12.0. The second-order valence-corrected chi connectivity index (χ2v) is 3.59. The Morgan fingerprint density at radius 2 is 2.41 bits per heavy atom. The van der Waals surface area contributed by atoms with E-state index in [1.807, 2.05) is 6.92 Å². The molecule has 7 nitrogen and oxygen atoms in total. The second-order valence-electron chi connectivity index (χ2n) is 3.59. The highest BCUT2D eigenvalue weighted by Gasteiger charge is 2.19. The zero-order valence-corrected chi connectivity index (χ0v) is 9.69. The number of nitrogen functional groups attached to an aromatic ring is 1. The summed E-state index contributed by atoms with van der Waals surface area (Å²) in [5.41, 5.74) is 7.27. The molecule has 0 aromatic carbocycles. The number of rotatable bonds is 3. The summed E-state index contributed by atoms with van der Waals surface area (Å²) in [4.78, 5) is 12.0. The Bertz CT molecular complexity index is 527. The van der Waals surface area contributed by atoms with Crippen LogP contribution in [0.15, 0.2) is 12.3 Å². The number of carbonyl (C=O) groups is 1. The van der Waals surface area contributed by atoms with Crippen molar-refractivity contribution in [3.63, 3.8) is 0 Å². The molecule has 17 heavy (non-hydrogen) atoms. The fourth-order valence-corrected chi connectivity index (χ4v) is 1.57. The maximum atomic E-state index is 12.0. The summed E-state index contributed by atoms with van der Waals surface area (Å²) in [6.07, 6.45) is 1.56. The molecular weight excluding hydrogens is 220 g/mol. The summed E-state index contributed by atoms with van der Waals surface area (Å²) in [5, 5.41) is 13.2. The molecule has 7 heteroatoms. The molecule has 2 aromatic heterocycles. The number of nitrogens with two attached hydrogens (primary N) is 1. The number of nitrogens with zero attached hydrogens (tertiary/aromatic N) is 3. The van der Waals surface area contributed by atoms with Gasteiger partial charge in [-0.15, -0.1) is 0 Å². The Kier molecular flexibility index (Phi) is 2.82. The molecule has 0 unspecified atom stereocenters. The molecule has 0 aliphatic carbocycles. The average Bonchev–Trinajstić information content (AvgIpc) is 2.88. The topological polar surface area (TPSA) is 102 Å². The van der Waals surface area contributed by atoms with Gasteiger partial charge in [-0.2, -0.15) is 10.2 Å². The molecule has 0 aliphatic heterocycles. The van der Waals surface area contributed by atoms with Gasteiger partial charge in [0.05, 0.1) is 17.6 Å². The van der Waals surface area contributed by atoms with Crippen molar-refractivity contribution in [3.05, 3.63) is 23.7 Å². The van der Waals surface area contributed by atoms with Crippen LogP contribution in [-0.4, -0.2) is 25.9 Å². The van der Waals surface area contributed by atoms with Gasteiger partial charge in [-0.05, 0) is 13.8 Å².